The summed E-state index contributed by atoms with van der Waals surface area (Å²) in [6.45, 7) is 1.66. The first-order valence-corrected chi connectivity index (χ1v) is 6.88. The Labute approximate surface area is 118 Å². The minimum Gasteiger partial charge on any atom is -0.355 e. The number of aromatic nitrogens is 3. The van der Waals surface area contributed by atoms with E-state index in [1.165, 1.54) is 0 Å². The average Bonchev–Trinajstić information content (AvgIpc) is 3.02. The van der Waals surface area contributed by atoms with Gasteiger partial charge in [0.1, 0.15) is 0 Å². The summed E-state index contributed by atoms with van der Waals surface area (Å²) in [5, 5.41) is 3.03. The predicted octanol–water partition coefficient (Wildman–Crippen LogP) is 1.42. The molecule has 0 radical (unpaired) electrons. The third-order valence-corrected chi connectivity index (χ3v) is 3.76. The molecule has 0 saturated heterocycles. The van der Waals surface area contributed by atoms with Crippen molar-refractivity contribution in [2.45, 2.75) is 25.8 Å². The summed E-state index contributed by atoms with van der Waals surface area (Å²) in [6.07, 6.45) is 9.97. The van der Waals surface area contributed by atoms with Gasteiger partial charge in [0.15, 0.2) is 0 Å². The minimum absolute atomic E-state index is 0.0422. The van der Waals surface area contributed by atoms with E-state index in [0.717, 1.165) is 31.6 Å². The molecule has 0 unspecified atom stereocenters. The summed E-state index contributed by atoms with van der Waals surface area (Å²) in [4.78, 5) is 20.1. The van der Waals surface area contributed by atoms with E-state index >= 15 is 0 Å². The average molecular weight is 270 g/mol. The number of rotatable bonds is 6. The normalized spacial score (nSPS) is 15.8. The van der Waals surface area contributed by atoms with E-state index in [4.69, 9.17) is 0 Å². The molecule has 1 aliphatic carbocycles. The van der Waals surface area contributed by atoms with Crippen molar-refractivity contribution in [2.75, 3.05) is 6.54 Å². The fourth-order valence-electron chi connectivity index (χ4n) is 2.35. The number of hydrogen-bond acceptors (Lipinski definition) is 3. The molecule has 0 bridgehead atoms. The molecule has 0 aromatic carbocycles. The van der Waals surface area contributed by atoms with E-state index in [0.29, 0.717) is 6.42 Å². The Bertz CT molecular complexity index is 561. The van der Waals surface area contributed by atoms with Gasteiger partial charge >= 0.3 is 0 Å². The van der Waals surface area contributed by atoms with Gasteiger partial charge in [0.05, 0.1) is 12.7 Å². The third-order valence-electron chi connectivity index (χ3n) is 3.76. The summed E-state index contributed by atoms with van der Waals surface area (Å²) < 4.78 is 2.08. The first kappa shape index (κ1) is 12.8. The Hall–Kier alpha value is -2.17. The largest absolute Gasteiger partial charge is 0.355 e. The monoisotopic (exact) mass is 270 g/mol. The molecule has 2 aromatic heterocycles. The Morgan fingerprint density at radius 1 is 1.35 bits per heavy atom. The molecular weight excluding hydrogens is 252 g/mol. The zero-order chi connectivity index (χ0) is 13.8. The summed E-state index contributed by atoms with van der Waals surface area (Å²) in [5.41, 5.74) is 1.03. The minimum atomic E-state index is 0.0422. The van der Waals surface area contributed by atoms with E-state index < -0.39 is 0 Å². The van der Waals surface area contributed by atoms with Crippen LogP contribution in [0.1, 0.15) is 18.5 Å². The fourth-order valence-corrected chi connectivity index (χ4v) is 2.35. The zero-order valence-electron chi connectivity index (χ0n) is 11.3. The van der Waals surface area contributed by atoms with Crippen molar-refractivity contribution >= 4 is 5.91 Å². The van der Waals surface area contributed by atoms with Crippen molar-refractivity contribution in [2.24, 2.45) is 5.41 Å². The maximum Gasteiger partial charge on any atom is 0.226 e. The SMILES string of the molecule is O=C(Cc1ccccn1)NCC1(Cn2ccnc2)CC1. The first-order chi connectivity index (χ1) is 9.76. The third kappa shape index (κ3) is 3.23. The maximum atomic E-state index is 11.9. The molecule has 0 atom stereocenters. The second-order valence-electron chi connectivity index (χ2n) is 5.51. The molecule has 104 valence electrons. The smallest absolute Gasteiger partial charge is 0.226 e. The van der Waals surface area contributed by atoms with Gasteiger partial charge in [0.2, 0.25) is 5.91 Å². The molecule has 0 spiro atoms. The molecular formula is C15H18N4O. The van der Waals surface area contributed by atoms with Gasteiger partial charge < -0.3 is 9.88 Å². The molecule has 20 heavy (non-hydrogen) atoms. The lowest BCUT2D eigenvalue weighted by atomic mass is 10.1. The number of carbonyl (C=O) groups excluding carboxylic acids is 1. The van der Waals surface area contributed by atoms with Crippen LogP contribution in [-0.2, 0) is 17.8 Å². The number of pyridine rings is 1. The topological polar surface area (TPSA) is 59.8 Å². The van der Waals surface area contributed by atoms with Gasteiger partial charge in [-0.15, -0.1) is 0 Å². The number of nitrogens with zero attached hydrogens (tertiary/aromatic N) is 3. The fraction of sp³-hybridized carbons (Fsp3) is 0.400. The van der Waals surface area contributed by atoms with Crippen molar-refractivity contribution in [3.63, 3.8) is 0 Å². The summed E-state index contributed by atoms with van der Waals surface area (Å²) >= 11 is 0. The van der Waals surface area contributed by atoms with Crippen LogP contribution in [0.4, 0.5) is 0 Å². The molecule has 2 aromatic rings. The van der Waals surface area contributed by atoms with Crippen molar-refractivity contribution in [1.82, 2.24) is 19.9 Å². The number of hydrogen-bond donors (Lipinski definition) is 1. The molecule has 1 aliphatic rings. The van der Waals surface area contributed by atoms with Gasteiger partial charge in [-0.2, -0.15) is 0 Å². The van der Waals surface area contributed by atoms with Gasteiger partial charge in [-0.1, -0.05) is 6.07 Å². The van der Waals surface area contributed by atoms with Crippen LogP contribution in [0.15, 0.2) is 43.1 Å². The zero-order valence-corrected chi connectivity index (χ0v) is 11.3. The van der Waals surface area contributed by atoms with Crippen molar-refractivity contribution in [3.05, 3.63) is 48.8 Å². The van der Waals surface area contributed by atoms with Crippen molar-refractivity contribution in [1.29, 1.82) is 0 Å². The molecule has 1 N–H and O–H groups in total. The lowest BCUT2D eigenvalue weighted by molar-refractivity contribution is -0.120. The lowest BCUT2D eigenvalue weighted by Crippen LogP contribution is -2.33. The number of amides is 1. The highest BCUT2D eigenvalue weighted by Crippen LogP contribution is 2.46. The van der Waals surface area contributed by atoms with Gasteiger partial charge in [-0.25, -0.2) is 4.98 Å². The van der Waals surface area contributed by atoms with Crippen molar-refractivity contribution in [3.8, 4) is 0 Å². The molecule has 1 saturated carbocycles. The van der Waals surface area contributed by atoms with Crippen LogP contribution in [0.25, 0.3) is 0 Å². The lowest BCUT2D eigenvalue weighted by Gasteiger charge is -2.16. The molecule has 2 heterocycles. The predicted molar refractivity (Wildman–Crippen MR) is 74.8 cm³/mol. The Kier molecular flexibility index (Phi) is 3.50. The molecule has 3 rings (SSSR count). The van der Waals surface area contributed by atoms with Gasteiger partial charge in [-0.05, 0) is 25.0 Å². The quantitative estimate of drug-likeness (QED) is 0.863. The highest BCUT2D eigenvalue weighted by Gasteiger charge is 2.42. The van der Waals surface area contributed by atoms with E-state index in [1.54, 1.807) is 12.4 Å². The Morgan fingerprint density at radius 2 is 2.25 bits per heavy atom. The number of nitrogens with one attached hydrogen (secondary N) is 1. The number of carbonyl (C=O) groups is 1. The van der Waals surface area contributed by atoms with Crippen LogP contribution >= 0.6 is 0 Å². The molecule has 5 nitrogen and oxygen atoms in total. The van der Waals surface area contributed by atoms with Crippen LogP contribution in [0.3, 0.4) is 0 Å². The van der Waals surface area contributed by atoms with Crippen LogP contribution in [0.5, 0.6) is 0 Å². The maximum absolute atomic E-state index is 11.9. The first-order valence-electron chi connectivity index (χ1n) is 6.88. The van der Waals surface area contributed by atoms with Gasteiger partial charge in [0, 0.05) is 42.8 Å². The van der Waals surface area contributed by atoms with E-state index in [1.807, 2.05) is 30.7 Å². The Balaban J connectivity index is 1.48. The summed E-state index contributed by atoms with van der Waals surface area (Å²) in [6, 6.07) is 5.63. The van der Waals surface area contributed by atoms with E-state index in [-0.39, 0.29) is 11.3 Å². The Morgan fingerprint density at radius 3 is 2.90 bits per heavy atom. The molecule has 1 amide bonds. The second kappa shape index (κ2) is 5.45. The van der Waals surface area contributed by atoms with E-state index in [9.17, 15) is 4.79 Å². The highest BCUT2D eigenvalue weighted by atomic mass is 16.1. The van der Waals surface area contributed by atoms with Crippen molar-refractivity contribution < 1.29 is 4.79 Å². The molecule has 1 fully saturated rings. The van der Waals surface area contributed by atoms with Crippen LogP contribution in [0.2, 0.25) is 0 Å². The van der Waals surface area contributed by atoms with Gasteiger partial charge in [0.25, 0.3) is 0 Å². The highest BCUT2D eigenvalue weighted by molar-refractivity contribution is 5.78. The van der Waals surface area contributed by atoms with Crippen LogP contribution in [-0.4, -0.2) is 27.0 Å². The standard InChI is InChI=1S/C15H18N4O/c20-14(9-13-3-1-2-6-17-13)18-10-15(4-5-15)11-19-8-7-16-12-19/h1-3,6-8,12H,4-5,9-11H2,(H,18,20). The van der Waals surface area contributed by atoms with Crippen LogP contribution < -0.4 is 5.32 Å². The molecule has 5 heteroatoms. The van der Waals surface area contributed by atoms with Crippen LogP contribution in [0, 0.1) is 5.41 Å². The van der Waals surface area contributed by atoms with Gasteiger partial charge in [-0.3, -0.25) is 9.78 Å². The number of imidazole rings is 1. The summed E-state index contributed by atoms with van der Waals surface area (Å²) in [5.74, 6) is 0.0422. The summed E-state index contributed by atoms with van der Waals surface area (Å²) in [7, 11) is 0. The molecule has 0 aliphatic heterocycles. The van der Waals surface area contributed by atoms with E-state index in [2.05, 4.69) is 19.9 Å². The second-order valence-corrected chi connectivity index (χ2v) is 5.51.